The van der Waals surface area contributed by atoms with Gasteiger partial charge in [-0.05, 0) is 26.2 Å². The second kappa shape index (κ2) is 6.85. The summed E-state index contributed by atoms with van der Waals surface area (Å²) in [5.74, 6) is 0. The Kier molecular flexibility index (Phi) is 6.68. The molecule has 0 aliphatic carbocycles. The minimum Gasteiger partial charge on any atom is -0.0885 e. The Morgan fingerprint density at radius 3 is 2.30 bits per heavy atom. The van der Waals surface area contributed by atoms with Gasteiger partial charge in [0.15, 0.2) is 0 Å². The van der Waals surface area contributed by atoms with Gasteiger partial charge in [0.1, 0.15) is 0 Å². The van der Waals surface area contributed by atoms with E-state index >= 15 is 0 Å². The van der Waals surface area contributed by atoms with Crippen molar-refractivity contribution in [2.75, 3.05) is 0 Å². The summed E-state index contributed by atoms with van der Waals surface area (Å²) < 4.78 is 0. The molecule has 0 saturated carbocycles. The standard InChI is InChI=1S/C10H20/c1-4-7-8-9-10(5-2)6-3/h5H,4,6-9H2,1-3H3. The molecule has 0 saturated heterocycles. The first-order chi connectivity index (χ1) is 4.85. The van der Waals surface area contributed by atoms with Gasteiger partial charge in [0.2, 0.25) is 0 Å². The largest absolute Gasteiger partial charge is 0.0885 e. The zero-order valence-corrected chi connectivity index (χ0v) is 7.61. The van der Waals surface area contributed by atoms with Gasteiger partial charge in [0.25, 0.3) is 0 Å². The number of rotatable bonds is 5. The van der Waals surface area contributed by atoms with Crippen LogP contribution in [0.1, 0.15) is 52.9 Å². The Hall–Kier alpha value is -0.260. The minimum atomic E-state index is 1.24. The number of unbranched alkanes of at least 4 members (excludes halogenated alkanes) is 2. The smallest absolute Gasteiger partial charge is 0.0321 e. The lowest BCUT2D eigenvalue weighted by Crippen LogP contribution is -1.81. The van der Waals surface area contributed by atoms with Crippen LogP contribution in [0, 0.1) is 0 Å². The summed E-state index contributed by atoms with van der Waals surface area (Å²) in [7, 11) is 0. The molecule has 0 radical (unpaired) electrons. The van der Waals surface area contributed by atoms with Gasteiger partial charge in [0.05, 0.1) is 0 Å². The van der Waals surface area contributed by atoms with Gasteiger partial charge in [-0.2, -0.15) is 0 Å². The third-order valence-electron chi connectivity index (χ3n) is 1.96. The van der Waals surface area contributed by atoms with Gasteiger partial charge in [-0.25, -0.2) is 0 Å². The molecule has 0 atom stereocenters. The normalized spacial score (nSPS) is 12.1. The van der Waals surface area contributed by atoms with E-state index in [2.05, 4.69) is 26.8 Å². The van der Waals surface area contributed by atoms with Gasteiger partial charge >= 0.3 is 0 Å². The summed E-state index contributed by atoms with van der Waals surface area (Å²) in [6, 6.07) is 0. The van der Waals surface area contributed by atoms with Crippen molar-refractivity contribution in [2.45, 2.75) is 52.9 Å². The van der Waals surface area contributed by atoms with Crippen molar-refractivity contribution in [1.29, 1.82) is 0 Å². The Labute approximate surface area is 65.3 Å². The molecule has 0 spiro atoms. The molecule has 0 amide bonds. The average molecular weight is 140 g/mol. The summed E-state index contributed by atoms with van der Waals surface area (Å²) in [6.45, 7) is 6.63. The summed E-state index contributed by atoms with van der Waals surface area (Å²) in [5.41, 5.74) is 1.62. The molecule has 0 fully saturated rings. The number of allylic oxidation sites excluding steroid dienone is 2. The molecule has 0 nitrogen and oxygen atoms in total. The van der Waals surface area contributed by atoms with E-state index in [-0.39, 0.29) is 0 Å². The molecule has 10 heavy (non-hydrogen) atoms. The zero-order chi connectivity index (χ0) is 7.82. The Bertz CT molecular complexity index is 90.2. The zero-order valence-electron chi connectivity index (χ0n) is 7.61. The Morgan fingerprint density at radius 2 is 1.90 bits per heavy atom. The van der Waals surface area contributed by atoms with Crippen LogP contribution in [0.4, 0.5) is 0 Å². The number of hydrogen-bond acceptors (Lipinski definition) is 0. The van der Waals surface area contributed by atoms with Gasteiger partial charge in [0, 0.05) is 0 Å². The highest BCUT2D eigenvalue weighted by molar-refractivity contribution is 4.98. The van der Waals surface area contributed by atoms with E-state index in [4.69, 9.17) is 0 Å². The maximum absolute atomic E-state index is 2.26. The predicted octanol–water partition coefficient (Wildman–Crippen LogP) is 3.92. The van der Waals surface area contributed by atoms with E-state index in [0.29, 0.717) is 0 Å². The van der Waals surface area contributed by atoms with E-state index in [1.165, 1.54) is 32.1 Å². The highest BCUT2D eigenvalue weighted by Gasteiger charge is 1.91. The lowest BCUT2D eigenvalue weighted by atomic mass is 10.1. The summed E-state index contributed by atoms with van der Waals surface area (Å²) >= 11 is 0. The lowest BCUT2D eigenvalue weighted by Gasteiger charge is -2.01. The van der Waals surface area contributed by atoms with Gasteiger partial charge in [-0.1, -0.05) is 38.3 Å². The Balaban J connectivity index is 3.27. The van der Waals surface area contributed by atoms with Crippen LogP contribution < -0.4 is 0 Å². The monoisotopic (exact) mass is 140 g/mol. The second-order valence-corrected chi connectivity index (χ2v) is 2.76. The lowest BCUT2D eigenvalue weighted by molar-refractivity contribution is 0.701. The maximum Gasteiger partial charge on any atom is -0.0321 e. The Morgan fingerprint density at radius 1 is 1.20 bits per heavy atom. The molecular formula is C10H20. The molecule has 0 aromatic rings. The van der Waals surface area contributed by atoms with E-state index < -0.39 is 0 Å². The van der Waals surface area contributed by atoms with Crippen molar-refractivity contribution in [3.63, 3.8) is 0 Å². The summed E-state index contributed by atoms with van der Waals surface area (Å²) in [4.78, 5) is 0. The third kappa shape index (κ3) is 4.60. The fourth-order valence-corrected chi connectivity index (χ4v) is 1.13. The first-order valence-electron chi connectivity index (χ1n) is 4.49. The van der Waals surface area contributed by atoms with Crippen molar-refractivity contribution in [1.82, 2.24) is 0 Å². The molecular weight excluding hydrogens is 120 g/mol. The van der Waals surface area contributed by atoms with Crippen LogP contribution in [0.25, 0.3) is 0 Å². The highest BCUT2D eigenvalue weighted by Crippen LogP contribution is 2.11. The van der Waals surface area contributed by atoms with Crippen LogP contribution in [0.5, 0.6) is 0 Å². The molecule has 0 N–H and O–H groups in total. The molecule has 0 bridgehead atoms. The SMILES string of the molecule is CC=C(CC)CCCCC. The molecule has 0 aliphatic rings. The van der Waals surface area contributed by atoms with Crippen molar-refractivity contribution in [2.24, 2.45) is 0 Å². The minimum absolute atomic E-state index is 1.24. The van der Waals surface area contributed by atoms with Crippen molar-refractivity contribution in [3.8, 4) is 0 Å². The highest BCUT2D eigenvalue weighted by atomic mass is 14.0. The molecule has 0 aromatic carbocycles. The van der Waals surface area contributed by atoms with Crippen LogP contribution in [0.2, 0.25) is 0 Å². The summed E-state index contributed by atoms with van der Waals surface area (Å²) in [6.07, 6.45) is 8.92. The third-order valence-corrected chi connectivity index (χ3v) is 1.96. The van der Waals surface area contributed by atoms with E-state index in [0.717, 1.165) is 0 Å². The van der Waals surface area contributed by atoms with Gasteiger partial charge < -0.3 is 0 Å². The number of hydrogen-bond donors (Lipinski definition) is 0. The molecule has 0 rings (SSSR count). The quantitative estimate of drug-likeness (QED) is 0.401. The fourth-order valence-electron chi connectivity index (χ4n) is 1.13. The van der Waals surface area contributed by atoms with Gasteiger partial charge in [-0.15, -0.1) is 0 Å². The van der Waals surface area contributed by atoms with Crippen molar-refractivity contribution >= 4 is 0 Å². The molecule has 0 heteroatoms. The molecule has 0 aliphatic heterocycles. The van der Waals surface area contributed by atoms with Crippen LogP contribution in [0.15, 0.2) is 11.6 Å². The van der Waals surface area contributed by atoms with Crippen LogP contribution in [0.3, 0.4) is 0 Å². The topological polar surface area (TPSA) is 0 Å². The van der Waals surface area contributed by atoms with Crippen molar-refractivity contribution < 1.29 is 0 Å². The molecule has 0 unspecified atom stereocenters. The molecule has 0 aromatic heterocycles. The summed E-state index contributed by atoms with van der Waals surface area (Å²) in [5, 5.41) is 0. The second-order valence-electron chi connectivity index (χ2n) is 2.76. The van der Waals surface area contributed by atoms with Crippen LogP contribution in [-0.2, 0) is 0 Å². The van der Waals surface area contributed by atoms with Crippen molar-refractivity contribution in [3.05, 3.63) is 11.6 Å². The first kappa shape index (κ1) is 9.74. The van der Waals surface area contributed by atoms with E-state index in [1.807, 2.05) is 0 Å². The molecule has 60 valence electrons. The average Bonchev–Trinajstić information content (AvgIpc) is 1.99. The predicted molar refractivity (Wildman–Crippen MR) is 48.2 cm³/mol. The van der Waals surface area contributed by atoms with Gasteiger partial charge in [-0.3, -0.25) is 0 Å². The van der Waals surface area contributed by atoms with Crippen LogP contribution >= 0.6 is 0 Å². The van der Waals surface area contributed by atoms with E-state index in [9.17, 15) is 0 Å². The fraction of sp³-hybridized carbons (Fsp3) is 0.800. The maximum atomic E-state index is 2.26. The molecule has 0 heterocycles. The first-order valence-corrected chi connectivity index (χ1v) is 4.49. The van der Waals surface area contributed by atoms with E-state index in [1.54, 1.807) is 5.57 Å². The van der Waals surface area contributed by atoms with Crippen LogP contribution in [-0.4, -0.2) is 0 Å².